The third-order valence-corrected chi connectivity index (χ3v) is 6.24. The van der Waals surface area contributed by atoms with Gasteiger partial charge in [0, 0.05) is 32.4 Å². The molecule has 0 radical (unpaired) electrons. The lowest BCUT2D eigenvalue weighted by Gasteiger charge is -2.36. The Morgan fingerprint density at radius 2 is 1.81 bits per heavy atom. The predicted octanol–water partition coefficient (Wildman–Crippen LogP) is 2.91. The summed E-state index contributed by atoms with van der Waals surface area (Å²) in [5.41, 5.74) is 4.34. The molecule has 158 valence electrons. The molecular weight excluding hydrogens is 390 g/mol. The summed E-state index contributed by atoms with van der Waals surface area (Å²) in [6.45, 7) is 2.51. The third-order valence-electron chi connectivity index (χ3n) is 6.24. The molecular formula is C24H25N5O2. The number of H-pyrrole nitrogens is 1. The van der Waals surface area contributed by atoms with Crippen LogP contribution in [0.15, 0.2) is 54.7 Å². The number of likely N-dealkylation sites (tertiary alicyclic amines) is 1. The molecule has 7 nitrogen and oxygen atoms in total. The number of benzene rings is 1. The Bertz CT molecular complexity index is 1090. The van der Waals surface area contributed by atoms with E-state index in [4.69, 9.17) is 0 Å². The molecule has 1 saturated heterocycles. The number of fused-ring (bicyclic) bond motifs is 1. The van der Waals surface area contributed by atoms with Crippen LogP contribution in [0.25, 0.3) is 11.4 Å². The molecule has 2 aliphatic heterocycles. The molecule has 2 aromatic heterocycles. The summed E-state index contributed by atoms with van der Waals surface area (Å²) in [6.07, 6.45) is 4.24. The average molecular weight is 415 g/mol. The molecule has 0 saturated carbocycles. The molecule has 1 atom stereocenters. The van der Waals surface area contributed by atoms with Crippen molar-refractivity contribution < 1.29 is 9.59 Å². The lowest BCUT2D eigenvalue weighted by atomic mass is 9.93. The predicted molar refractivity (Wildman–Crippen MR) is 116 cm³/mol. The zero-order chi connectivity index (χ0) is 21.2. The third kappa shape index (κ3) is 3.95. The van der Waals surface area contributed by atoms with E-state index in [1.807, 2.05) is 29.2 Å². The van der Waals surface area contributed by atoms with E-state index in [2.05, 4.69) is 33.4 Å². The van der Waals surface area contributed by atoms with Crippen LogP contribution in [-0.2, 0) is 17.8 Å². The highest BCUT2D eigenvalue weighted by atomic mass is 16.2. The number of nitrogens with one attached hydrogen (secondary N) is 1. The van der Waals surface area contributed by atoms with Crippen molar-refractivity contribution in [2.45, 2.75) is 25.8 Å². The second-order valence-electron chi connectivity index (χ2n) is 8.25. The molecule has 2 aliphatic rings. The maximum Gasteiger partial charge on any atom is 0.271 e. The van der Waals surface area contributed by atoms with Gasteiger partial charge in [0.15, 0.2) is 0 Å². The average Bonchev–Trinajstić information content (AvgIpc) is 3.34. The molecule has 2 amide bonds. The summed E-state index contributed by atoms with van der Waals surface area (Å²) in [4.78, 5) is 34.3. The highest BCUT2D eigenvalue weighted by Crippen LogP contribution is 2.25. The molecule has 0 aliphatic carbocycles. The van der Waals surface area contributed by atoms with E-state index in [1.165, 1.54) is 11.1 Å². The van der Waals surface area contributed by atoms with Crippen molar-refractivity contribution in [1.29, 1.82) is 0 Å². The first-order chi connectivity index (χ1) is 15.2. The van der Waals surface area contributed by atoms with E-state index in [-0.39, 0.29) is 17.7 Å². The number of carbonyl (C=O) groups excluding carboxylic acids is 2. The molecule has 5 rings (SSSR count). The Labute approximate surface area is 181 Å². The van der Waals surface area contributed by atoms with Crippen LogP contribution in [0, 0.1) is 5.92 Å². The maximum absolute atomic E-state index is 13.2. The number of nitrogens with zero attached hydrogens (tertiary/aromatic N) is 4. The molecule has 31 heavy (non-hydrogen) atoms. The van der Waals surface area contributed by atoms with Gasteiger partial charge < -0.3 is 9.80 Å². The van der Waals surface area contributed by atoms with Crippen molar-refractivity contribution >= 4 is 11.8 Å². The zero-order valence-electron chi connectivity index (χ0n) is 17.3. The maximum atomic E-state index is 13.2. The van der Waals surface area contributed by atoms with Gasteiger partial charge in [0.1, 0.15) is 11.4 Å². The second kappa shape index (κ2) is 8.34. The van der Waals surface area contributed by atoms with Gasteiger partial charge in [-0.3, -0.25) is 19.7 Å². The number of amides is 2. The summed E-state index contributed by atoms with van der Waals surface area (Å²) >= 11 is 0. The summed E-state index contributed by atoms with van der Waals surface area (Å²) in [5.74, 6) is -0.108. The van der Waals surface area contributed by atoms with Crippen LogP contribution in [0.1, 0.15) is 34.5 Å². The SMILES string of the molecule is O=C(c1cc(-c2ccccn2)n[nH]1)N1CCC[C@@H](C(=O)N2CCc3ccccc3C2)C1. The number of hydrogen-bond acceptors (Lipinski definition) is 4. The van der Waals surface area contributed by atoms with Gasteiger partial charge in [0.2, 0.25) is 5.91 Å². The van der Waals surface area contributed by atoms with Crippen molar-refractivity contribution in [1.82, 2.24) is 25.0 Å². The second-order valence-corrected chi connectivity index (χ2v) is 8.25. The Kier molecular flexibility index (Phi) is 5.24. The lowest BCUT2D eigenvalue weighted by Crippen LogP contribution is -2.47. The first-order valence-corrected chi connectivity index (χ1v) is 10.8. The molecule has 3 aromatic rings. The largest absolute Gasteiger partial charge is 0.338 e. The van der Waals surface area contributed by atoms with Gasteiger partial charge in [-0.15, -0.1) is 0 Å². The first kappa shape index (κ1) is 19.5. The smallest absolute Gasteiger partial charge is 0.271 e. The van der Waals surface area contributed by atoms with Gasteiger partial charge in [-0.05, 0) is 48.6 Å². The van der Waals surface area contributed by atoms with Crippen molar-refractivity contribution in [3.05, 3.63) is 71.5 Å². The van der Waals surface area contributed by atoms with E-state index in [9.17, 15) is 9.59 Å². The fourth-order valence-electron chi connectivity index (χ4n) is 4.55. The lowest BCUT2D eigenvalue weighted by molar-refractivity contribution is -0.137. The Hall–Kier alpha value is -3.48. The van der Waals surface area contributed by atoms with Crippen LogP contribution in [0.3, 0.4) is 0 Å². The van der Waals surface area contributed by atoms with Crippen molar-refractivity contribution in [3.8, 4) is 11.4 Å². The quantitative estimate of drug-likeness (QED) is 0.713. The number of aromatic amines is 1. The summed E-state index contributed by atoms with van der Waals surface area (Å²) in [5, 5.41) is 7.08. The molecule has 7 heteroatoms. The Morgan fingerprint density at radius 1 is 0.968 bits per heavy atom. The molecule has 1 N–H and O–H groups in total. The highest BCUT2D eigenvalue weighted by molar-refractivity contribution is 5.94. The van der Waals surface area contributed by atoms with E-state index in [0.29, 0.717) is 31.0 Å². The molecule has 0 unspecified atom stereocenters. The van der Waals surface area contributed by atoms with E-state index < -0.39 is 0 Å². The van der Waals surface area contributed by atoms with E-state index in [1.54, 1.807) is 17.2 Å². The minimum absolute atomic E-state index is 0.115. The molecule has 0 bridgehead atoms. The number of rotatable bonds is 3. The molecule has 0 spiro atoms. The monoisotopic (exact) mass is 415 g/mol. The number of piperidine rings is 1. The first-order valence-electron chi connectivity index (χ1n) is 10.8. The minimum atomic E-state index is -0.152. The van der Waals surface area contributed by atoms with Crippen LogP contribution >= 0.6 is 0 Å². The molecule has 1 fully saturated rings. The van der Waals surface area contributed by atoms with Gasteiger partial charge in [-0.1, -0.05) is 30.3 Å². The van der Waals surface area contributed by atoms with E-state index >= 15 is 0 Å². The zero-order valence-corrected chi connectivity index (χ0v) is 17.3. The van der Waals surface area contributed by atoms with Crippen molar-refractivity contribution in [3.63, 3.8) is 0 Å². The Morgan fingerprint density at radius 3 is 2.65 bits per heavy atom. The van der Waals surface area contributed by atoms with Crippen LogP contribution in [0.2, 0.25) is 0 Å². The number of pyridine rings is 1. The molecule has 4 heterocycles. The van der Waals surface area contributed by atoms with Gasteiger partial charge in [-0.25, -0.2) is 0 Å². The van der Waals surface area contributed by atoms with Crippen LogP contribution in [0.4, 0.5) is 0 Å². The van der Waals surface area contributed by atoms with Crippen LogP contribution in [-0.4, -0.2) is 56.4 Å². The standard InChI is InChI=1S/C24H25N5O2/c30-23(29-13-10-17-6-1-2-7-18(17)15-29)19-8-5-12-28(16-19)24(31)22-14-21(26-27-22)20-9-3-4-11-25-20/h1-4,6-7,9,11,14,19H,5,8,10,12-13,15-16H2,(H,26,27)/t19-/m1/s1. The molecule has 1 aromatic carbocycles. The Balaban J connectivity index is 1.26. The number of hydrogen-bond donors (Lipinski definition) is 1. The fraction of sp³-hybridized carbons (Fsp3) is 0.333. The van der Waals surface area contributed by atoms with Crippen molar-refractivity contribution in [2.24, 2.45) is 5.92 Å². The summed E-state index contributed by atoms with van der Waals surface area (Å²) < 4.78 is 0. The minimum Gasteiger partial charge on any atom is -0.338 e. The summed E-state index contributed by atoms with van der Waals surface area (Å²) in [6, 6.07) is 15.6. The normalized spacial score (nSPS) is 18.5. The van der Waals surface area contributed by atoms with E-state index in [0.717, 1.165) is 31.5 Å². The van der Waals surface area contributed by atoms with Crippen LogP contribution < -0.4 is 0 Å². The number of carbonyl (C=O) groups is 2. The highest BCUT2D eigenvalue weighted by Gasteiger charge is 2.33. The summed E-state index contributed by atoms with van der Waals surface area (Å²) in [7, 11) is 0. The topological polar surface area (TPSA) is 82.2 Å². The number of aromatic nitrogens is 3. The van der Waals surface area contributed by atoms with Gasteiger partial charge in [-0.2, -0.15) is 5.10 Å². The van der Waals surface area contributed by atoms with Gasteiger partial charge >= 0.3 is 0 Å². The van der Waals surface area contributed by atoms with Crippen LogP contribution in [0.5, 0.6) is 0 Å². The van der Waals surface area contributed by atoms with Gasteiger partial charge in [0.05, 0.1) is 11.6 Å². The van der Waals surface area contributed by atoms with Gasteiger partial charge in [0.25, 0.3) is 5.91 Å². The fourth-order valence-corrected chi connectivity index (χ4v) is 4.55. The van der Waals surface area contributed by atoms with Crippen molar-refractivity contribution in [2.75, 3.05) is 19.6 Å².